The summed E-state index contributed by atoms with van der Waals surface area (Å²) < 4.78 is 6.37. The lowest BCUT2D eigenvalue weighted by atomic mass is 10.1. The molecule has 2 heterocycles. The van der Waals surface area contributed by atoms with E-state index in [2.05, 4.69) is 36.2 Å². The zero-order valence-corrected chi connectivity index (χ0v) is 17.2. The SMILES string of the molecule is COc1ccc(NC(=O)N2CCN(c3nc4c(C)c(C)ccc4s3)CC2)cc1. The number of methoxy groups -OCH3 is 1. The van der Waals surface area contributed by atoms with E-state index >= 15 is 0 Å². The Hall–Kier alpha value is -2.80. The first-order valence-electron chi connectivity index (χ1n) is 9.37. The second kappa shape index (κ2) is 7.67. The Bertz CT molecular complexity index is 992. The molecule has 1 aliphatic rings. The Balaban J connectivity index is 1.38. The molecular weight excluding hydrogens is 372 g/mol. The fourth-order valence-corrected chi connectivity index (χ4v) is 4.40. The molecule has 146 valence electrons. The van der Waals surface area contributed by atoms with E-state index in [1.54, 1.807) is 18.4 Å². The first kappa shape index (κ1) is 18.6. The zero-order valence-electron chi connectivity index (χ0n) is 16.4. The lowest BCUT2D eigenvalue weighted by Gasteiger charge is -2.34. The Labute approximate surface area is 168 Å². The second-order valence-electron chi connectivity index (χ2n) is 6.98. The smallest absolute Gasteiger partial charge is 0.321 e. The number of ether oxygens (including phenoxy) is 1. The Morgan fingerprint density at radius 2 is 1.79 bits per heavy atom. The number of carbonyl (C=O) groups excluding carboxylic acids is 1. The Kier molecular flexibility index (Phi) is 5.09. The van der Waals surface area contributed by atoms with Crippen molar-refractivity contribution in [2.24, 2.45) is 0 Å². The molecule has 0 bridgehead atoms. The van der Waals surface area contributed by atoms with Crippen LogP contribution in [0, 0.1) is 13.8 Å². The van der Waals surface area contributed by atoms with Crippen LogP contribution in [0.2, 0.25) is 0 Å². The molecule has 1 fully saturated rings. The molecule has 0 atom stereocenters. The maximum absolute atomic E-state index is 12.5. The third kappa shape index (κ3) is 3.62. The van der Waals surface area contributed by atoms with Gasteiger partial charge in [0.2, 0.25) is 0 Å². The highest BCUT2D eigenvalue weighted by Crippen LogP contribution is 2.32. The van der Waals surface area contributed by atoms with Gasteiger partial charge in [0.25, 0.3) is 0 Å². The zero-order chi connectivity index (χ0) is 19.7. The number of benzene rings is 2. The highest BCUT2D eigenvalue weighted by Gasteiger charge is 2.23. The number of aromatic nitrogens is 1. The normalized spacial score (nSPS) is 14.4. The van der Waals surface area contributed by atoms with E-state index in [4.69, 9.17) is 9.72 Å². The predicted molar refractivity (Wildman–Crippen MR) is 115 cm³/mol. The fraction of sp³-hybridized carbons (Fsp3) is 0.333. The van der Waals surface area contributed by atoms with Crippen LogP contribution >= 0.6 is 11.3 Å². The molecule has 0 unspecified atom stereocenters. The molecule has 0 aliphatic carbocycles. The van der Waals surface area contributed by atoms with Gasteiger partial charge in [-0.25, -0.2) is 9.78 Å². The number of piperazine rings is 1. The molecule has 28 heavy (non-hydrogen) atoms. The number of nitrogens with zero attached hydrogens (tertiary/aromatic N) is 3. The van der Waals surface area contributed by atoms with Crippen LogP contribution in [-0.4, -0.2) is 49.2 Å². The topological polar surface area (TPSA) is 57.7 Å². The molecule has 2 aromatic carbocycles. The molecule has 0 radical (unpaired) electrons. The molecule has 1 N–H and O–H groups in total. The molecule has 1 aromatic heterocycles. The lowest BCUT2D eigenvalue weighted by molar-refractivity contribution is 0.208. The number of rotatable bonds is 3. The van der Waals surface area contributed by atoms with Gasteiger partial charge in [-0.2, -0.15) is 0 Å². The van der Waals surface area contributed by atoms with Crippen molar-refractivity contribution >= 4 is 38.4 Å². The first-order valence-corrected chi connectivity index (χ1v) is 10.2. The molecule has 6 nitrogen and oxygen atoms in total. The average Bonchev–Trinajstić information content (AvgIpc) is 3.16. The minimum atomic E-state index is -0.0689. The predicted octanol–water partition coefficient (Wildman–Crippen LogP) is 4.28. The highest BCUT2D eigenvalue weighted by atomic mass is 32.1. The summed E-state index contributed by atoms with van der Waals surface area (Å²) in [5.74, 6) is 0.771. The summed E-state index contributed by atoms with van der Waals surface area (Å²) in [6.45, 7) is 7.17. The number of anilines is 2. The van der Waals surface area contributed by atoms with Gasteiger partial charge in [-0.05, 0) is 55.3 Å². The van der Waals surface area contributed by atoms with Crippen molar-refractivity contribution in [2.75, 3.05) is 43.5 Å². The summed E-state index contributed by atoms with van der Waals surface area (Å²) in [4.78, 5) is 21.5. The summed E-state index contributed by atoms with van der Waals surface area (Å²) in [5, 5.41) is 3.99. The van der Waals surface area contributed by atoms with Crippen molar-refractivity contribution < 1.29 is 9.53 Å². The Morgan fingerprint density at radius 1 is 1.07 bits per heavy atom. The maximum Gasteiger partial charge on any atom is 0.321 e. The number of hydrogen-bond acceptors (Lipinski definition) is 5. The van der Waals surface area contributed by atoms with Gasteiger partial charge in [-0.15, -0.1) is 0 Å². The van der Waals surface area contributed by atoms with E-state index in [9.17, 15) is 4.79 Å². The van der Waals surface area contributed by atoms with Crippen molar-refractivity contribution in [3.05, 3.63) is 47.5 Å². The summed E-state index contributed by atoms with van der Waals surface area (Å²) in [5.41, 5.74) is 4.38. The highest BCUT2D eigenvalue weighted by molar-refractivity contribution is 7.22. The number of amides is 2. The van der Waals surface area contributed by atoms with Crippen LogP contribution in [0.5, 0.6) is 5.75 Å². The van der Waals surface area contributed by atoms with Crippen molar-refractivity contribution in [1.29, 1.82) is 0 Å². The Morgan fingerprint density at radius 3 is 2.46 bits per heavy atom. The standard InChI is InChI=1S/C21H24N4O2S/c1-14-4-9-18-19(15(14)2)23-21(28-18)25-12-10-24(11-13-25)20(26)22-16-5-7-17(27-3)8-6-16/h4-9H,10-13H2,1-3H3,(H,22,26). The van der Waals surface area contributed by atoms with Gasteiger partial charge in [0.05, 0.1) is 17.3 Å². The largest absolute Gasteiger partial charge is 0.497 e. The monoisotopic (exact) mass is 396 g/mol. The number of carbonyl (C=O) groups is 1. The van der Waals surface area contributed by atoms with E-state index in [1.807, 2.05) is 29.2 Å². The molecule has 2 amide bonds. The fourth-order valence-electron chi connectivity index (χ4n) is 3.33. The molecule has 3 aromatic rings. The van der Waals surface area contributed by atoms with Crippen LogP contribution in [0.4, 0.5) is 15.6 Å². The first-order chi connectivity index (χ1) is 13.5. The third-order valence-corrected chi connectivity index (χ3v) is 6.33. The summed E-state index contributed by atoms with van der Waals surface area (Å²) in [6.07, 6.45) is 0. The van der Waals surface area contributed by atoms with Gasteiger partial charge in [-0.3, -0.25) is 0 Å². The molecule has 1 saturated heterocycles. The second-order valence-corrected chi connectivity index (χ2v) is 7.99. The number of hydrogen-bond donors (Lipinski definition) is 1. The summed E-state index contributed by atoms with van der Waals surface area (Å²) in [6, 6.07) is 11.6. The van der Waals surface area contributed by atoms with Gasteiger partial charge in [0, 0.05) is 31.9 Å². The van der Waals surface area contributed by atoms with Crippen LogP contribution in [0.25, 0.3) is 10.2 Å². The van der Waals surface area contributed by atoms with Crippen molar-refractivity contribution in [2.45, 2.75) is 13.8 Å². The van der Waals surface area contributed by atoms with Crippen LogP contribution in [-0.2, 0) is 0 Å². The molecule has 1 aliphatic heterocycles. The number of aryl methyl sites for hydroxylation is 2. The molecular formula is C21H24N4O2S. The number of urea groups is 1. The minimum absolute atomic E-state index is 0.0689. The van der Waals surface area contributed by atoms with Gasteiger partial charge >= 0.3 is 6.03 Å². The van der Waals surface area contributed by atoms with Crippen molar-refractivity contribution in [3.63, 3.8) is 0 Å². The van der Waals surface area contributed by atoms with Crippen LogP contribution in [0.3, 0.4) is 0 Å². The van der Waals surface area contributed by atoms with E-state index in [0.29, 0.717) is 13.1 Å². The molecule has 0 saturated carbocycles. The van der Waals surface area contributed by atoms with E-state index in [0.717, 1.165) is 35.2 Å². The molecule has 7 heteroatoms. The minimum Gasteiger partial charge on any atom is -0.497 e. The summed E-state index contributed by atoms with van der Waals surface area (Å²) >= 11 is 1.73. The third-order valence-electron chi connectivity index (χ3n) is 5.25. The van der Waals surface area contributed by atoms with Gasteiger partial charge < -0.3 is 19.9 Å². The van der Waals surface area contributed by atoms with E-state index < -0.39 is 0 Å². The lowest BCUT2D eigenvalue weighted by Crippen LogP contribution is -2.50. The van der Waals surface area contributed by atoms with Crippen molar-refractivity contribution in [3.8, 4) is 5.75 Å². The summed E-state index contributed by atoms with van der Waals surface area (Å²) in [7, 11) is 1.63. The van der Waals surface area contributed by atoms with Gasteiger partial charge in [-0.1, -0.05) is 17.4 Å². The molecule has 0 spiro atoms. The quantitative estimate of drug-likeness (QED) is 0.718. The van der Waals surface area contributed by atoms with E-state index in [-0.39, 0.29) is 6.03 Å². The number of thiazole rings is 1. The van der Waals surface area contributed by atoms with Gasteiger partial charge in [0.1, 0.15) is 5.75 Å². The average molecular weight is 397 g/mol. The number of nitrogens with one attached hydrogen (secondary N) is 1. The van der Waals surface area contributed by atoms with E-state index in [1.165, 1.54) is 15.8 Å². The van der Waals surface area contributed by atoms with Gasteiger partial charge in [0.15, 0.2) is 5.13 Å². The number of fused-ring (bicyclic) bond motifs is 1. The van der Waals surface area contributed by atoms with Crippen molar-refractivity contribution in [1.82, 2.24) is 9.88 Å². The maximum atomic E-state index is 12.5. The van der Waals surface area contributed by atoms with Crippen LogP contribution < -0.4 is 15.0 Å². The van der Waals surface area contributed by atoms with Crippen LogP contribution in [0.15, 0.2) is 36.4 Å². The molecule has 4 rings (SSSR count). The van der Waals surface area contributed by atoms with Crippen LogP contribution in [0.1, 0.15) is 11.1 Å².